The number of amides is 1. The predicted octanol–water partition coefficient (Wildman–Crippen LogP) is 1.79. The van der Waals surface area contributed by atoms with E-state index in [4.69, 9.17) is 22.1 Å². The van der Waals surface area contributed by atoms with Gasteiger partial charge in [-0.15, -0.1) is 0 Å². The van der Waals surface area contributed by atoms with E-state index in [9.17, 15) is 9.59 Å². The van der Waals surface area contributed by atoms with Crippen LogP contribution in [0.4, 0.5) is 0 Å². The summed E-state index contributed by atoms with van der Waals surface area (Å²) in [6.45, 7) is 5.16. The topological polar surface area (TPSA) is 82.3 Å². The molecule has 0 aliphatic rings. The van der Waals surface area contributed by atoms with Crippen molar-refractivity contribution in [3.8, 4) is 0 Å². The number of rotatable bonds is 2. The molecule has 0 aromatic carbocycles. The summed E-state index contributed by atoms with van der Waals surface area (Å²) in [5.74, 6) is -1.42. The van der Waals surface area contributed by atoms with Crippen molar-refractivity contribution in [1.29, 1.82) is 0 Å². The van der Waals surface area contributed by atoms with Crippen LogP contribution in [0.2, 0.25) is 5.02 Å². The molecule has 1 aromatic heterocycles. The Labute approximate surface area is 104 Å². The number of carbonyl (C=O) groups is 2. The van der Waals surface area contributed by atoms with Crippen LogP contribution in [0, 0.1) is 0 Å². The number of hydrogen-bond donors (Lipinski definition) is 1. The average molecular weight is 257 g/mol. The fourth-order valence-electron chi connectivity index (χ4n) is 1.05. The van der Waals surface area contributed by atoms with Crippen LogP contribution in [0.25, 0.3) is 0 Å². The van der Waals surface area contributed by atoms with Gasteiger partial charge in [-0.2, -0.15) is 0 Å². The van der Waals surface area contributed by atoms with E-state index in [1.165, 1.54) is 12.1 Å². The highest BCUT2D eigenvalue weighted by Crippen LogP contribution is 2.18. The van der Waals surface area contributed by atoms with Gasteiger partial charge in [0.05, 0.1) is 5.02 Å². The lowest BCUT2D eigenvalue weighted by Gasteiger charge is -2.19. The van der Waals surface area contributed by atoms with Crippen molar-refractivity contribution in [3.63, 3.8) is 0 Å². The van der Waals surface area contributed by atoms with Gasteiger partial charge in [-0.1, -0.05) is 11.6 Å². The van der Waals surface area contributed by atoms with Crippen molar-refractivity contribution in [2.75, 3.05) is 0 Å². The van der Waals surface area contributed by atoms with Gasteiger partial charge >= 0.3 is 5.97 Å². The monoisotopic (exact) mass is 256 g/mol. The molecular formula is C11H13ClN2O3. The second-order valence-corrected chi connectivity index (χ2v) is 4.80. The third-order valence-electron chi connectivity index (χ3n) is 1.69. The van der Waals surface area contributed by atoms with Crippen LogP contribution in [0.15, 0.2) is 12.1 Å². The van der Waals surface area contributed by atoms with E-state index >= 15 is 0 Å². The summed E-state index contributed by atoms with van der Waals surface area (Å²) in [5.41, 5.74) is 4.26. The molecule has 0 aliphatic heterocycles. The lowest BCUT2D eigenvalue weighted by atomic mass is 10.2. The Morgan fingerprint density at radius 2 is 1.94 bits per heavy atom. The number of halogens is 1. The molecule has 1 heterocycles. The summed E-state index contributed by atoms with van der Waals surface area (Å²) in [5, 5.41) is 0.115. The number of primary amides is 1. The molecule has 0 fully saturated rings. The van der Waals surface area contributed by atoms with Gasteiger partial charge in [0.25, 0.3) is 5.91 Å². The third-order valence-corrected chi connectivity index (χ3v) is 2.00. The largest absolute Gasteiger partial charge is 0.455 e. The zero-order valence-corrected chi connectivity index (χ0v) is 10.5. The van der Waals surface area contributed by atoms with Crippen LogP contribution in [-0.2, 0) is 4.74 Å². The van der Waals surface area contributed by atoms with Crippen LogP contribution in [0.1, 0.15) is 41.7 Å². The molecule has 2 N–H and O–H groups in total. The van der Waals surface area contributed by atoms with Crippen LogP contribution < -0.4 is 5.73 Å². The van der Waals surface area contributed by atoms with Crippen molar-refractivity contribution in [2.45, 2.75) is 26.4 Å². The molecule has 0 aliphatic carbocycles. The highest BCUT2D eigenvalue weighted by atomic mass is 35.5. The van der Waals surface area contributed by atoms with Gasteiger partial charge < -0.3 is 10.5 Å². The maximum absolute atomic E-state index is 11.7. The second-order valence-electron chi connectivity index (χ2n) is 4.39. The molecule has 6 heteroatoms. The fourth-order valence-corrected chi connectivity index (χ4v) is 1.23. The quantitative estimate of drug-likeness (QED) is 0.818. The van der Waals surface area contributed by atoms with E-state index in [0.717, 1.165) is 0 Å². The van der Waals surface area contributed by atoms with Crippen LogP contribution >= 0.6 is 11.6 Å². The minimum absolute atomic E-state index is 0.0322. The molecule has 5 nitrogen and oxygen atoms in total. The normalized spacial score (nSPS) is 11.1. The molecular weight excluding hydrogens is 244 g/mol. The maximum atomic E-state index is 11.7. The van der Waals surface area contributed by atoms with E-state index in [1.807, 2.05) is 0 Å². The first-order chi connectivity index (χ1) is 7.70. The van der Waals surface area contributed by atoms with Gasteiger partial charge in [-0.3, -0.25) is 4.79 Å². The highest BCUT2D eigenvalue weighted by molar-refractivity contribution is 6.33. The summed E-state index contributed by atoms with van der Waals surface area (Å²) >= 11 is 5.81. The number of pyridine rings is 1. The lowest BCUT2D eigenvalue weighted by Crippen LogP contribution is -2.25. The molecule has 0 saturated carbocycles. The van der Waals surface area contributed by atoms with Crippen LogP contribution in [-0.4, -0.2) is 22.5 Å². The first-order valence-electron chi connectivity index (χ1n) is 4.90. The van der Waals surface area contributed by atoms with Gasteiger partial charge in [0.15, 0.2) is 5.69 Å². The van der Waals surface area contributed by atoms with E-state index in [1.54, 1.807) is 20.8 Å². The molecule has 0 unspecified atom stereocenters. The Balaban J connectivity index is 3.08. The number of nitrogens with two attached hydrogens (primary N) is 1. The summed E-state index contributed by atoms with van der Waals surface area (Å²) in [4.78, 5) is 26.4. The maximum Gasteiger partial charge on any atom is 0.359 e. The molecule has 0 spiro atoms. The number of hydrogen-bond acceptors (Lipinski definition) is 4. The molecule has 0 atom stereocenters. The van der Waals surface area contributed by atoms with E-state index in [-0.39, 0.29) is 16.4 Å². The number of nitrogens with zero attached hydrogens (tertiary/aromatic N) is 1. The standard InChI is InChI=1S/C11H13ClN2O3/c1-11(2,3)17-10(16)8-6(12)4-5-7(14-8)9(13)15/h4-5H,1-3H3,(H2,13,15). The van der Waals surface area contributed by atoms with Crippen molar-refractivity contribution in [2.24, 2.45) is 5.73 Å². The summed E-state index contributed by atoms with van der Waals surface area (Å²) in [7, 11) is 0. The smallest absolute Gasteiger partial charge is 0.359 e. The van der Waals surface area contributed by atoms with E-state index in [2.05, 4.69) is 4.98 Å². The van der Waals surface area contributed by atoms with Crippen LogP contribution in [0.3, 0.4) is 0 Å². The summed E-state index contributed by atoms with van der Waals surface area (Å²) in [6.07, 6.45) is 0. The first-order valence-corrected chi connectivity index (χ1v) is 5.28. The minimum Gasteiger partial charge on any atom is -0.455 e. The minimum atomic E-state index is -0.730. The Kier molecular flexibility index (Phi) is 3.72. The predicted molar refractivity (Wildman–Crippen MR) is 62.9 cm³/mol. The van der Waals surface area contributed by atoms with Gasteiger partial charge in [-0.05, 0) is 32.9 Å². The second kappa shape index (κ2) is 4.71. The molecule has 17 heavy (non-hydrogen) atoms. The van der Waals surface area contributed by atoms with E-state index in [0.29, 0.717) is 0 Å². The zero-order chi connectivity index (χ0) is 13.2. The van der Waals surface area contributed by atoms with Gasteiger partial charge in [0.1, 0.15) is 11.3 Å². The molecule has 0 radical (unpaired) electrons. The highest BCUT2D eigenvalue weighted by Gasteiger charge is 2.22. The lowest BCUT2D eigenvalue weighted by molar-refractivity contribution is 0.00630. The Morgan fingerprint density at radius 3 is 2.41 bits per heavy atom. The van der Waals surface area contributed by atoms with Gasteiger partial charge in [0.2, 0.25) is 0 Å². The summed E-state index contributed by atoms with van der Waals surface area (Å²) in [6, 6.07) is 2.73. The van der Waals surface area contributed by atoms with Gasteiger partial charge in [0, 0.05) is 0 Å². The van der Waals surface area contributed by atoms with Crippen molar-refractivity contribution in [1.82, 2.24) is 4.98 Å². The molecule has 1 rings (SSSR count). The number of aromatic nitrogens is 1. The van der Waals surface area contributed by atoms with Crippen LogP contribution in [0.5, 0.6) is 0 Å². The summed E-state index contributed by atoms with van der Waals surface area (Å²) < 4.78 is 5.10. The number of carbonyl (C=O) groups excluding carboxylic acids is 2. The van der Waals surface area contributed by atoms with Crippen molar-refractivity contribution in [3.05, 3.63) is 28.5 Å². The number of ether oxygens (including phenoxy) is 1. The van der Waals surface area contributed by atoms with Gasteiger partial charge in [-0.25, -0.2) is 9.78 Å². The molecule has 1 aromatic rings. The first kappa shape index (κ1) is 13.4. The molecule has 1 amide bonds. The van der Waals surface area contributed by atoms with Crippen molar-refractivity contribution < 1.29 is 14.3 Å². The van der Waals surface area contributed by atoms with Crippen molar-refractivity contribution >= 4 is 23.5 Å². The Bertz CT molecular complexity index is 466. The molecule has 92 valence electrons. The Morgan fingerprint density at radius 1 is 1.35 bits per heavy atom. The third kappa shape index (κ3) is 3.71. The number of esters is 1. The fraction of sp³-hybridized carbons (Fsp3) is 0.364. The average Bonchev–Trinajstić information content (AvgIpc) is 2.14. The molecule has 0 bridgehead atoms. The zero-order valence-electron chi connectivity index (χ0n) is 9.78. The SMILES string of the molecule is CC(C)(C)OC(=O)c1nc(C(N)=O)ccc1Cl. The molecule has 0 saturated heterocycles. The van der Waals surface area contributed by atoms with E-state index < -0.39 is 17.5 Å². The Hall–Kier alpha value is -1.62.